The minimum atomic E-state index is -1.22. The van der Waals surface area contributed by atoms with Gasteiger partial charge in [-0.15, -0.1) is 0 Å². The van der Waals surface area contributed by atoms with E-state index in [2.05, 4.69) is 36.3 Å². The average Bonchev–Trinajstić information content (AvgIpc) is 3.25. The summed E-state index contributed by atoms with van der Waals surface area (Å²) in [5.74, 6) is -0.980. The van der Waals surface area contributed by atoms with E-state index in [4.69, 9.17) is 0 Å². The van der Waals surface area contributed by atoms with Gasteiger partial charge in [-0.25, -0.2) is 14.6 Å². The molecule has 0 spiro atoms. The maximum Gasteiger partial charge on any atom is 0.357 e. The number of aromatic nitrogens is 5. The SMILES string of the molecule is O=C(O)c1nn(C(=O)Nc2cnccn2)c2ccc(-c3cncc(CN4CCCCC4)c3)cc12. The maximum absolute atomic E-state index is 12.8. The predicted octanol–water partition coefficient (Wildman–Crippen LogP) is 3.65. The number of anilines is 1. The first kappa shape index (κ1) is 21.7. The van der Waals surface area contributed by atoms with Gasteiger partial charge < -0.3 is 5.11 Å². The van der Waals surface area contributed by atoms with Crippen molar-refractivity contribution in [2.24, 2.45) is 0 Å². The molecule has 5 rings (SSSR count). The summed E-state index contributed by atoms with van der Waals surface area (Å²) in [7, 11) is 0. The lowest BCUT2D eigenvalue weighted by Crippen LogP contribution is -2.29. The van der Waals surface area contributed by atoms with Crippen LogP contribution in [0.3, 0.4) is 0 Å². The van der Waals surface area contributed by atoms with E-state index in [9.17, 15) is 14.7 Å². The Labute approximate surface area is 195 Å². The van der Waals surface area contributed by atoms with E-state index in [0.717, 1.165) is 41.0 Å². The number of nitrogens with zero attached hydrogens (tertiary/aromatic N) is 6. The highest BCUT2D eigenvalue weighted by Crippen LogP contribution is 2.27. The first-order valence-corrected chi connectivity index (χ1v) is 11.1. The summed E-state index contributed by atoms with van der Waals surface area (Å²) in [6.07, 6.45) is 11.7. The number of benzene rings is 1. The third-order valence-corrected chi connectivity index (χ3v) is 5.86. The summed E-state index contributed by atoms with van der Waals surface area (Å²) in [4.78, 5) is 39.4. The van der Waals surface area contributed by atoms with Crippen molar-refractivity contribution in [3.8, 4) is 11.1 Å². The van der Waals surface area contributed by atoms with Gasteiger partial charge in [0.15, 0.2) is 11.5 Å². The Morgan fingerprint density at radius 2 is 1.82 bits per heavy atom. The van der Waals surface area contributed by atoms with E-state index in [1.54, 1.807) is 18.3 Å². The molecule has 10 heteroatoms. The van der Waals surface area contributed by atoms with Gasteiger partial charge >= 0.3 is 12.0 Å². The Balaban J connectivity index is 1.47. The van der Waals surface area contributed by atoms with Crippen LogP contribution in [0.4, 0.5) is 10.6 Å². The number of fused-ring (bicyclic) bond motifs is 1. The molecular formula is C24H23N7O3. The van der Waals surface area contributed by atoms with Gasteiger partial charge in [0.1, 0.15) is 0 Å². The van der Waals surface area contributed by atoms with Gasteiger partial charge in [0.25, 0.3) is 0 Å². The zero-order valence-corrected chi connectivity index (χ0v) is 18.4. The third kappa shape index (κ3) is 4.48. The number of hydrogen-bond acceptors (Lipinski definition) is 7. The zero-order valence-electron chi connectivity index (χ0n) is 18.4. The second kappa shape index (κ2) is 9.36. The molecule has 0 aliphatic carbocycles. The number of nitrogens with one attached hydrogen (secondary N) is 1. The van der Waals surface area contributed by atoms with E-state index in [0.29, 0.717) is 10.9 Å². The Hall–Kier alpha value is -4.18. The number of amides is 1. The summed E-state index contributed by atoms with van der Waals surface area (Å²) in [5, 5.41) is 16.7. The molecule has 0 radical (unpaired) electrons. The van der Waals surface area contributed by atoms with Crippen LogP contribution in [-0.4, -0.2) is 59.8 Å². The predicted molar refractivity (Wildman–Crippen MR) is 126 cm³/mol. The number of pyridine rings is 1. The van der Waals surface area contributed by atoms with Gasteiger partial charge in [0.2, 0.25) is 0 Å². The molecular weight excluding hydrogens is 434 g/mol. The van der Waals surface area contributed by atoms with Crippen molar-refractivity contribution in [2.45, 2.75) is 25.8 Å². The fraction of sp³-hybridized carbons (Fsp3) is 0.250. The largest absolute Gasteiger partial charge is 0.476 e. The highest BCUT2D eigenvalue weighted by Gasteiger charge is 2.21. The van der Waals surface area contributed by atoms with E-state index in [1.165, 1.54) is 37.9 Å². The van der Waals surface area contributed by atoms with Gasteiger partial charge in [-0.3, -0.25) is 20.2 Å². The molecule has 10 nitrogen and oxygen atoms in total. The van der Waals surface area contributed by atoms with Crippen LogP contribution >= 0.6 is 0 Å². The number of aromatic carboxylic acids is 1. The third-order valence-electron chi connectivity index (χ3n) is 5.86. The fourth-order valence-corrected chi connectivity index (χ4v) is 4.24. The van der Waals surface area contributed by atoms with Crippen molar-refractivity contribution in [1.29, 1.82) is 0 Å². The summed E-state index contributed by atoms with van der Waals surface area (Å²) in [5.41, 5.74) is 2.96. The summed E-state index contributed by atoms with van der Waals surface area (Å²) < 4.78 is 1.03. The molecule has 4 heterocycles. The first-order valence-electron chi connectivity index (χ1n) is 11.1. The number of carbonyl (C=O) groups excluding carboxylic acids is 1. The van der Waals surface area contributed by atoms with Gasteiger partial charge in [-0.05, 0) is 55.3 Å². The molecule has 1 amide bonds. The van der Waals surface area contributed by atoms with Crippen molar-refractivity contribution in [3.63, 3.8) is 0 Å². The van der Waals surface area contributed by atoms with Crippen LogP contribution in [-0.2, 0) is 6.54 Å². The first-order chi connectivity index (χ1) is 16.6. The van der Waals surface area contributed by atoms with Crippen molar-refractivity contribution >= 4 is 28.7 Å². The lowest BCUT2D eigenvalue weighted by atomic mass is 10.0. The summed E-state index contributed by atoms with van der Waals surface area (Å²) >= 11 is 0. The second-order valence-electron chi connectivity index (χ2n) is 8.24. The van der Waals surface area contributed by atoms with Gasteiger partial charge in [0.05, 0.1) is 11.7 Å². The van der Waals surface area contributed by atoms with Gasteiger partial charge in [-0.1, -0.05) is 12.5 Å². The van der Waals surface area contributed by atoms with Crippen LogP contribution in [0.25, 0.3) is 22.0 Å². The topological polar surface area (TPSA) is 126 Å². The maximum atomic E-state index is 12.8. The van der Waals surface area contributed by atoms with Crippen molar-refractivity contribution in [1.82, 2.24) is 29.6 Å². The zero-order chi connectivity index (χ0) is 23.5. The molecule has 2 N–H and O–H groups in total. The highest BCUT2D eigenvalue weighted by molar-refractivity contribution is 6.06. The Morgan fingerprint density at radius 3 is 2.59 bits per heavy atom. The number of piperidine rings is 1. The molecule has 0 unspecified atom stereocenters. The van der Waals surface area contributed by atoms with Crippen LogP contribution < -0.4 is 5.32 Å². The number of carbonyl (C=O) groups is 2. The molecule has 34 heavy (non-hydrogen) atoms. The van der Waals surface area contributed by atoms with Crippen LogP contribution in [0.1, 0.15) is 35.3 Å². The lowest BCUT2D eigenvalue weighted by molar-refractivity contribution is 0.0692. The fourth-order valence-electron chi connectivity index (χ4n) is 4.24. The molecule has 0 atom stereocenters. The van der Waals surface area contributed by atoms with Crippen LogP contribution in [0.2, 0.25) is 0 Å². The Bertz CT molecular complexity index is 1350. The molecule has 1 aliphatic heterocycles. The summed E-state index contributed by atoms with van der Waals surface area (Å²) in [6.45, 7) is 3.02. The quantitative estimate of drug-likeness (QED) is 0.465. The molecule has 0 bridgehead atoms. The Kier molecular flexibility index (Phi) is 5.96. The number of hydrogen-bond donors (Lipinski definition) is 2. The highest BCUT2D eigenvalue weighted by atomic mass is 16.4. The van der Waals surface area contributed by atoms with Crippen molar-refractivity contribution < 1.29 is 14.7 Å². The number of carboxylic acids is 1. The molecule has 4 aromatic rings. The smallest absolute Gasteiger partial charge is 0.357 e. The van der Waals surface area contributed by atoms with E-state index in [-0.39, 0.29) is 11.5 Å². The number of rotatable bonds is 5. The van der Waals surface area contributed by atoms with E-state index >= 15 is 0 Å². The number of carboxylic acid groups (broad SMARTS) is 1. The average molecular weight is 457 g/mol. The van der Waals surface area contributed by atoms with E-state index < -0.39 is 12.0 Å². The molecule has 1 saturated heterocycles. The molecule has 1 aromatic carbocycles. The monoisotopic (exact) mass is 457 g/mol. The van der Waals surface area contributed by atoms with Crippen molar-refractivity contribution in [3.05, 3.63) is 66.5 Å². The molecule has 0 saturated carbocycles. The lowest BCUT2D eigenvalue weighted by Gasteiger charge is -2.26. The normalized spacial score (nSPS) is 14.2. The number of likely N-dealkylation sites (tertiary alicyclic amines) is 1. The standard InChI is InChI=1S/C24H23N7O3/c32-23(33)22-19-11-17(18-10-16(12-26-13-18)15-30-8-2-1-3-9-30)4-5-20(19)31(29-22)24(34)28-21-14-25-6-7-27-21/h4-7,10-14H,1-3,8-9,15H2,(H,32,33)(H,27,28,34). The molecule has 1 aliphatic rings. The summed E-state index contributed by atoms with van der Waals surface area (Å²) in [6, 6.07) is 6.71. The molecule has 1 fully saturated rings. The van der Waals surface area contributed by atoms with Gasteiger partial charge in [0, 0.05) is 42.3 Å². The van der Waals surface area contributed by atoms with Crippen LogP contribution in [0.15, 0.2) is 55.2 Å². The second-order valence-corrected chi connectivity index (χ2v) is 8.24. The minimum absolute atomic E-state index is 0.205. The van der Waals surface area contributed by atoms with E-state index in [1.807, 2.05) is 12.3 Å². The van der Waals surface area contributed by atoms with Crippen molar-refractivity contribution in [2.75, 3.05) is 18.4 Å². The van der Waals surface area contributed by atoms with Crippen LogP contribution in [0, 0.1) is 0 Å². The van der Waals surface area contributed by atoms with Gasteiger partial charge in [-0.2, -0.15) is 9.78 Å². The minimum Gasteiger partial charge on any atom is -0.476 e. The Morgan fingerprint density at radius 1 is 0.971 bits per heavy atom. The molecule has 3 aromatic heterocycles. The van der Waals surface area contributed by atoms with Crippen LogP contribution in [0.5, 0.6) is 0 Å². The molecule has 172 valence electrons.